The van der Waals surface area contributed by atoms with Crippen molar-refractivity contribution < 1.29 is 19.4 Å². The molecule has 0 bridgehead atoms. The summed E-state index contributed by atoms with van der Waals surface area (Å²) in [5, 5.41) is 10.2. The number of ether oxygens (including phenoxy) is 2. The van der Waals surface area contributed by atoms with Crippen LogP contribution in [0.3, 0.4) is 0 Å². The third kappa shape index (κ3) is 6.62. The van der Waals surface area contributed by atoms with Crippen LogP contribution >= 0.6 is 0 Å². The zero-order valence-corrected chi connectivity index (χ0v) is 15.0. The Morgan fingerprint density at radius 1 is 1.25 bits per heavy atom. The van der Waals surface area contributed by atoms with Gasteiger partial charge in [-0.25, -0.2) is 0 Å². The van der Waals surface area contributed by atoms with E-state index in [4.69, 9.17) is 9.47 Å². The van der Waals surface area contributed by atoms with Gasteiger partial charge in [-0.3, -0.25) is 4.79 Å². The van der Waals surface area contributed by atoms with E-state index in [0.717, 1.165) is 25.7 Å². The summed E-state index contributed by atoms with van der Waals surface area (Å²) < 4.78 is 11.0. The van der Waals surface area contributed by atoms with E-state index in [-0.39, 0.29) is 17.8 Å². The van der Waals surface area contributed by atoms with Crippen LogP contribution in [0.5, 0.6) is 0 Å². The molecule has 24 heavy (non-hydrogen) atoms. The maximum absolute atomic E-state index is 11.9. The number of unbranched alkanes of at least 4 members (excludes halogenated alkanes) is 1. The normalized spacial score (nSPS) is 21.3. The van der Waals surface area contributed by atoms with Crippen molar-refractivity contribution in [3.63, 3.8) is 0 Å². The van der Waals surface area contributed by atoms with Crippen molar-refractivity contribution in [1.82, 2.24) is 0 Å². The van der Waals surface area contributed by atoms with Crippen LogP contribution in [0.2, 0.25) is 0 Å². The molecule has 1 aromatic carbocycles. The average molecular weight is 334 g/mol. The molecule has 3 atom stereocenters. The topological polar surface area (TPSA) is 55.8 Å². The van der Waals surface area contributed by atoms with Crippen molar-refractivity contribution in [1.29, 1.82) is 0 Å². The molecule has 0 spiro atoms. The lowest BCUT2D eigenvalue weighted by molar-refractivity contribution is -0.157. The van der Waals surface area contributed by atoms with Gasteiger partial charge in [-0.1, -0.05) is 30.3 Å². The van der Waals surface area contributed by atoms with E-state index in [9.17, 15) is 9.90 Å². The molecule has 0 saturated heterocycles. The first-order valence-corrected chi connectivity index (χ1v) is 8.89. The maximum atomic E-state index is 11.9. The molecule has 2 rings (SSSR count). The Kier molecular flexibility index (Phi) is 6.81. The van der Waals surface area contributed by atoms with Gasteiger partial charge in [-0.15, -0.1) is 0 Å². The van der Waals surface area contributed by atoms with E-state index in [1.807, 2.05) is 51.1 Å². The van der Waals surface area contributed by atoms with Gasteiger partial charge in [0, 0.05) is 6.61 Å². The summed E-state index contributed by atoms with van der Waals surface area (Å²) in [4.78, 5) is 11.9. The molecule has 0 amide bonds. The standard InChI is InChI=1S/C20H30O4/c1-20(2,3)24-19(22)17-13-16(17)18(21)11-7-8-12-23-14-15-9-5-4-6-10-15/h4-6,9-10,16-18,21H,7-8,11-14H2,1-3H3/t16-,17-,18+/m1/s1. The van der Waals surface area contributed by atoms with Crippen LogP contribution in [0.25, 0.3) is 0 Å². The van der Waals surface area contributed by atoms with Gasteiger partial charge in [0.2, 0.25) is 0 Å². The molecule has 1 aromatic rings. The Morgan fingerprint density at radius 2 is 1.96 bits per heavy atom. The average Bonchev–Trinajstić information content (AvgIpc) is 3.30. The first kappa shape index (κ1) is 18.9. The van der Waals surface area contributed by atoms with Gasteiger partial charge < -0.3 is 14.6 Å². The minimum Gasteiger partial charge on any atom is -0.460 e. The molecular weight excluding hydrogens is 304 g/mol. The van der Waals surface area contributed by atoms with Crippen LogP contribution < -0.4 is 0 Å². The van der Waals surface area contributed by atoms with E-state index in [0.29, 0.717) is 13.2 Å². The van der Waals surface area contributed by atoms with Gasteiger partial charge >= 0.3 is 5.97 Å². The van der Waals surface area contributed by atoms with Crippen LogP contribution in [0.1, 0.15) is 52.0 Å². The second-order valence-corrected chi connectivity index (χ2v) is 7.64. The first-order chi connectivity index (χ1) is 11.4. The highest BCUT2D eigenvalue weighted by atomic mass is 16.6. The minimum atomic E-state index is -0.453. The Bertz CT molecular complexity index is 506. The fourth-order valence-electron chi connectivity index (χ4n) is 2.82. The number of carbonyl (C=O) groups is 1. The Labute approximate surface area is 145 Å². The van der Waals surface area contributed by atoms with Crippen LogP contribution in [-0.4, -0.2) is 29.4 Å². The van der Waals surface area contributed by atoms with Crippen LogP contribution in [0.15, 0.2) is 30.3 Å². The predicted octanol–water partition coefficient (Wildman–Crippen LogP) is 3.71. The molecule has 0 unspecified atom stereocenters. The molecule has 0 aromatic heterocycles. The molecule has 0 heterocycles. The fraction of sp³-hybridized carbons (Fsp3) is 0.650. The number of aliphatic hydroxyl groups is 1. The number of rotatable bonds is 9. The molecule has 1 fully saturated rings. The van der Waals surface area contributed by atoms with Crippen LogP contribution in [0, 0.1) is 11.8 Å². The summed E-state index contributed by atoms with van der Waals surface area (Å²) in [6, 6.07) is 10.1. The van der Waals surface area contributed by atoms with E-state index in [2.05, 4.69) is 0 Å². The van der Waals surface area contributed by atoms with Crippen molar-refractivity contribution in [2.75, 3.05) is 6.61 Å². The number of hydrogen-bond acceptors (Lipinski definition) is 4. The summed E-state index contributed by atoms with van der Waals surface area (Å²) in [5.74, 6) is -0.212. The number of aliphatic hydroxyl groups excluding tert-OH is 1. The first-order valence-electron chi connectivity index (χ1n) is 8.89. The second kappa shape index (κ2) is 8.63. The van der Waals surface area contributed by atoms with Gasteiger partial charge in [0.15, 0.2) is 0 Å². The molecule has 1 aliphatic carbocycles. The summed E-state index contributed by atoms with van der Waals surface area (Å²) in [7, 11) is 0. The van der Waals surface area contributed by atoms with Gasteiger partial charge in [0.25, 0.3) is 0 Å². The molecule has 0 radical (unpaired) electrons. The molecule has 1 N–H and O–H groups in total. The van der Waals surface area contributed by atoms with Crippen molar-refractivity contribution >= 4 is 5.97 Å². The zero-order valence-electron chi connectivity index (χ0n) is 15.0. The summed E-state index contributed by atoms with van der Waals surface area (Å²) >= 11 is 0. The van der Waals surface area contributed by atoms with Gasteiger partial charge in [-0.2, -0.15) is 0 Å². The molecule has 0 aliphatic heterocycles. The summed E-state index contributed by atoms with van der Waals surface area (Å²) in [6.07, 6.45) is 2.90. The van der Waals surface area contributed by atoms with Crippen molar-refractivity contribution in [3.05, 3.63) is 35.9 Å². The largest absolute Gasteiger partial charge is 0.460 e. The van der Waals surface area contributed by atoms with Crippen LogP contribution in [-0.2, 0) is 20.9 Å². The Balaban J connectivity index is 1.53. The van der Waals surface area contributed by atoms with Gasteiger partial charge in [-0.05, 0) is 57.9 Å². The third-order valence-corrected chi connectivity index (χ3v) is 4.19. The predicted molar refractivity (Wildman–Crippen MR) is 93.4 cm³/mol. The SMILES string of the molecule is CC(C)(C)OC(=O)[C@@H]1C[C@H]1[C@@H](O)CCCCOCc1ccccc1. The fourth-order valence-corrected chi connectivity index (χ4v) is 2.82. The maximum Gasteiger partial charge on any atom is 0.309 e. The lowest BCUT2D eigenvalue weighted by Crippen LogP contribution is -2.26. The minimum absolute atomic E-state index is 0.0742. The molecule has 1 saturated carbocycles. The van der Waals surface area contributed by atoms with Crippen LogP contribution in [0.4, 0.5) is 0 Å². The number of esters is 1. The highest BCUT2D eigenvalue weighted by Crippen LogP contribution is 2.44. The van der Waals surface area contributed by atoms with Crippen molar-refractivity contribution in [3.8, 4) is 0 Å². The summed E-state index contributed by atoms with van der Waals surface area (Å²) in [5.41, 5.74) is 0.723. The molecular formula is C20H30O4. The molecule has 1 aliphatic rings. The molecule has 134 valence electrons. The van der Waals surface area contributed by atoms with E-state index < -0.39 is 11.7 Å². The lowest BCUT2D eigenvalue weighted by Gasteiger charge is -2.20. The Hall–Kier alpha value is -1.39. The summed E-state index contributed by atoms with van der Waals surface area (Å²) in [6.45, 7) is 6.94. The number of hydrogen-bond donors (Lipinski definition) is 1. The van der Waals surface area contributed by atoms with Crippen molar-refractivity contribution in [2.45, 2.75) is 64.8 Å². The van der Waals surface area contributed by atoms with Gasteiger partial charge in [0.05, 0.1) is 18.6 Å². The Morgan fingerprint density at radius 3 is 2.62 bits per heavy atom. The van der Waals surface area contributed by atoms with Crippen molar-refractivity contribution in [2.24, 2.45) is 11.8 Å². The molecule has 4 nitrogen and oxygen atoms in total. The highest BCUT2D eigenvalue weighted by molar-refractivity contribution is 5.76. The van der Waals surface area contributed by atoms with Gasteiger partial charge in [0.1, 0.15) is 5.60 Å². The molecule has 4 heteroatoms. The number of carbonyl (C=O) groups excluding carboxylic acids is 1. The highest BCUT2D eigenvalue weighted by Gasteiger charge is 2.48. The van der Waals surface area contributed by atoms with E-state index >= 15 is 0 Å². The third-order valence-electron chi connectivity index (χ3n) is 4.19. The van der Waals surface area contributed by atoms with E-state index in [1.165, 1.54) is 5.56 Å². The smallest absolute Gasteiger partial charge is 0.309 e. The zero-order chi connectivity index (χ0) is 17.6. The van der Waals surface area contributed by atoms with E-state index in [1.54, 1.807) is 0 Å². The quantitative estimate of drug-likeness (QED) is 0.552. The number of benzene rings is 1. The monoisotopic (exact) mass is 334 g/mol. The lowest BCUT2D eigenvalue weighted by atomic mass is 10.1. The second-order valence-electron chi connectivity index (χ2n) is 7.64.